The van der Waals surface area contributed by atoms with Crippen molar-refractivity contribution in [3.05, 3.63) is 64.9 Å². The van der Waals surface area contributed by atoms with Crippen molar-refractivity contribution in [2.24, 2.45) is 5.73 Å². The first-order chi connectivity index (χ1) is 16.9. The highest BCUT2D eigenvalue weighted by molar-refractivity contribution is 7.87. The molecule has 1 fully saturated rings. The lowest BCUT2D eigenvalue weighted by molar-refractivity contribution is -0.136. The molecule has 2 aromatic heterocycles. The van der Waals surface area contributed by atoms with Crippen molar-refractivity contribution in [1.29, 1.82) is 5.41 Å². The number of amidine groups is 1. The minimum Gasteiger partial charge on any atom is -0.469 e. The van der Waals surface area contributed by atoms with Crippen LogP contribution in [0.4, 0.5) is 5.95 Å². The second-order valence-electron chi connectivity index (χ2n) is 8.56. The largest absolute Gasteiger partial charge is 0.469 e. The van der Waals surface area contributed by atoms with Gasteiger partial charge in [-0.3, -0.25) is 15.0 Å². The predicted octanol–water partition coefficient (Wildman–Crippen LogP) is 0.521. The maximum atomic E-state index is 13.3. The molecule has 1 aromatic carbocycles. The van der Waals surface area contributed by atoms with Crippen LogP contribution in [-0.4, -0.2) is 77.1 Å². The molecule has 36 heavy (non-hydrogen) atoms. The average molecular weight is 515 g/mol. The number of benzene rings is 1. The second kappa shape index (κ2) is 9.20. The van der Waals surface area contributed by atoms with E-state index in [2.05, 4.69) is 10.1 Å². The molecule has 4 rings (SSSR count). The molecule has 0 radical (unpaired) electrons. The lowest BCUT2D eigenvalue weighted by Crippen LogP contribution is -2.57. The summed E-state index contributed by atoms with van der Waals surface area (Å²) in [7, 11) is 0.472. The number of nitrogens with two attached hydrogens (primary N) is 1. The fourth-order valence-corrected chi connectivity index (χ4v) is 4.78. The summed E-state index contributed by atoms with van der Waals surface area (Å²) in [4.78, 5) is 32.2. The Kier molecular flexibility index (Phi) is 6.41. The maximum absolute atomic E-state index is 13.3. The first-order valence-electron chi connectivity index (χ1n) is 10.9. The topological polar surface area (TPSA) is 172 Å². The molecule has 1 aliphatic heterocycles. The SMILES string of the molecule is Cc1occc1C(=O)n1nc(C2CN(S(=O)(=O)N(C)C)C2=O)nc1N(C)Cc1ccc(C(=N)N)cc1. The van der Waals surface area contributed by atoms with Crippen molar-refractivity contribution in [2.75, 3.05) is 32.6 Å². The number of aryl methyl sites for hydroxylation is 1. The Morgan fingerprint density at radius 3 is 2.42 bits per heavy atom. The quantitative estimate of drug-likeness (QED) is 0.247. The average Bonchev–Trinajstić information content (AvgIpc) is 3.44. The Morgan fingerprint density at radius 1 is 1.22 bits per heavy atom. The Labute approximate surface area is 207 Å². The fourth-order valence-electron chi connectivity index (χ4n) is 3.70. The van der Waals surface area contributed by atoms with Gasteiger partial charge in [-0.15, -0.1) is 5.10 Å². The molecule has 1 amide bonds. The van der Waals surface area contributed by atoms with Crippen molar-refractivity contribution < 1.29 is 22.4 Å². The molecule has 1 atom stereocenters. The molecule has 1 saturated heterocycles. The van der Waals surface area contributed by atoms with Crippen LogP contribution in [0.1, 0.15) is 39.0 Å². The van der Waals surface area contributed by atoms with E-state index in [1.54, 1.807) is 43.1 Å². The Bertz CT molecular complexity index is 1440. The zero-order valence-corrected chi connectivity index (χ0v) is 21.0. The summed E-state index contributed by atoms with van der Waals surface area (Å²) in [6, 6.07) is 8.55. The number of nitrogens with one attached hydrogen (secondary N) is 1. The highest BCUT2D eigenvalue weighted by Gasteiger charge is 2.48. The standard InChI is InChI=1S/C22H26N8O5S/c1-13-16(9-10-35-13)21(32)30-22(28(4)11-14-5-7-15(8-6-14)18(23)24)25-19(26-30)17-12-29(20(17)31)36(33,34)27(2)3/h5-10,17H,11-12H2,1-4H3,(H3,23,24). The molecule has 1 unspecified atom stereocenters. The summed E-state index contributed by atoms with van der Waals surface area (Å²) < 4.78 is 32.7. The smallest absolute Gasteiger partial charge is 0.305 e. The Hall–Kier alpha value is -4.04. The summed E-state index contributed by atoms with van der Waals surface area (Å²) >= 11 is 0. The summed E-state index contributed by atoms with van der Waals surface area (Å²) in [5.41, 5.74) is 7.23. The first-order valence-corrected chi connectivity index (χ1v) is 12.3. The Morgan fingerprint density at radius 2 is 1.89 bits per heavy atom. The van der Waals surface area contributed by atoms with Crippen LogP contribution in [0.25, 0.3) is 0 Å². The zero-order chi connectivity index (χ0) is 26.4. The van der Waals surface area contributed by atoms with E-state index >= 15 is 0 Å². The van der Waals surface area contributed by atoms with Gasteiger partial charge in [-0.25, -0.2) is 4.31 Å². The molecule has 0 saturated carbocycles. The van der Waals surface area contributed by atoms with E-state index in [1.807, 2.05) is 0 Å². The minimum atomic E-state index is -3.92. The number of nitrogen functional groups attached to an aromatic ring is 1. The van der Waals surface area contributed by atoms with Gasteiger partial charge in [0.25, 0.3) is 5.91 Å². The number of carbonyl (C=O) groups excluding carboxylic acids is 2. The van der Waals surface area contributed by atoms with Gasteiger partial charge in [0, 0.05) is 33.3 Å². The highest BCUT2D eigenvalue weighted by Crippen LogP contribution is 2.31. The summed E-state index contributed by atoms with van der Waals surface area (Å²) in [6.45, 7) is 1.84. The zero-order valence-electron chi connectivity index (χ0n) is 20.2. The third-order valence-electron chi connectivity index (χ3n) is 5.86. The van der Waals surface area contributed by atoms with Crippen LogP contribution < -0.4 is 10.6 Å². The number of aromatic nitrogens is 3. The first kappa shape index (κ1) is 25.1. The number of rotatable bonds is 8. The lowest BCUT2D eigenvalue weighted by Gasteiger charge is -2.37. The molecule has 14 heteroatoms. The normalized spacial score (nSPS) is 15.8. The van der Waals surface area contributed by atoms with Crippen molar-refractivity contribution in [3.63, 3.8) is 0 Å². The number of hydrogen-bond acceptors (Lipinski definition) is 9. The summed E-state index contributed by atoms with van der Waals surface area (Å²) in [6.07, 6.45) is 1.39. The number of carbonyl (C=O) groups is 2. The van der Waals surface area contributed by atoms with Crippen LogP contribution in [0.3, 0.4) is 0 Å². The Balaban J connectivity index is 1.66. The summed E-state index contributed by atoms with van der Waals surface area (Å²) in [5.74, 6) is -1.49. The van der Waals surface area contributed by atoms with E-state index < -0.39 is 27.9 Å². The van der Waals surface area contributed by atoms with Crippen molar-refractivity contribution in [3.8, 4) is 0 Å². The van der Waals surface area contributed by atoms with Gasteiger partial charge in [-0.05, 0) is 18.6 Å². The maximum Gasteiger partial charge on any atom is 0.305 e. The van der Waals surface area contributed by atoms with Gasteiger partial charge in [0.05, 0.1) is 18.4 Å². The summed E-state index contributed by atoms with van der Waals surface area (Å²) in [5, 5.41) is 11.8. The van der Waals surface area contributed by atoms with Crippen LogP contribution >= 0.6 is 0 Å². The van der Waals surface area contributed by atoms with E-state index in [-0.39, 0.29) is 29.7 Å². The molecule has 3 aromatic rings. The molecule has 0 bridgehead atoms. The molecule has 0 aliphatic carbocycles. The van der Waals surface area contributed by atoms with Crippen molar-refractivity contribution in [2.45, 2.75) is 19.4 Å². The molecular formula is C22H26N8O5S. The van der Waals surface area contributed by atoms with Crippen molar-refractivity contribution in [1.82, 2.24) is 23.4 Å². The number of amides is 1. The van der Waals surface area contributed by atoms with Gasteiger partial charge in [0.15, 0.2) is 5.82 Å². The molecule has 13 nitrogen and oxygen atoms in total. The van der Waals surface area contributed by atoms with Crippen LogP contribution in [0.5, 0.6) is 0 Å². The third kappa shape index (κ3) is 4.35. The number of hydrogen-bond donors (Lipinski definition) is 2. The van der Waals surface area contributed by atoms with Gasteiger partial charge in [-0.1, -0.05) is 24.3 Å². The molecule has 3 heterocycles. The number of β-lactam (4-membered cyclic amide) rings is 1. The van der Waals surface area contributed by atoms with E-state index in [0.29, 0.717) is 17.9 Å². The van der Waals surface area contributed by atoms with Crippen LogP contribution in [0.15, 0.2) is 41.0 Å². The van der Waals surface area contributed by atoms with Gasteiger partial charge in [0.2, 0.25) is 11.9 Å². The van der Waals surface area contributed by atoms with Gasteiger partial charge in [0.1, 0.15) is 17.5 Å². The third-order valence-corrected chi connectivity index (χ3v) is 7.67. The molecule has 0 spiro atoms. The lowest BCUT2D eigenvalue weighted by atomic mass is 10.0. The van der Waals surface area contributed by atoms with Crippen LogP contribution in [-0.2, 0) is 21.5 Å². The molecule has 190 valence electrons. The molecular weight excluding hydrogens is 488 g/mol. The number of nitrogens with zero attached hydrogens (tertiary/aromatic N) is 6. The van der Waals surface area contributed by atoms with Crippen LogP contribution in [0.2, 0.25) is 0 Å². The minimum absolute atomic E-state index is 0.0455. The van der Waals surface area contributed by atoms with E-state index in [0.717, 1.165) is 18.9 Å². The molecule has 1 aliphatic rings. The van der Waals surface area contributed by atoms with E-state index in [9.17, 15) is 18.0 Å². The number of anilines is 1. The second-order valence-corrected chi connectivity index (χ2v) is 10.6. The van der Waals surface area contributed by atoms with E-state index in [4.69, 9.17) is 15.6 Å². The van der Waals surface area contributed by atoms with Gasteiger partial charge < -0.3 is 15.1 Å². The number of furan rings is 1. The van der Waals surface area contributed by atoms with Crippen molar-refractivity contribution >= 4 is 33.8 Å². The highest BCUT2D eigenvalue weighted by atomic mass is 32.2. The van der Waals surface area contributed by atoms with Crippen LogP contribution in [0, 0.1) is 12.3 Å². The van der Waals surface area contributed by atoms with Gasteiger partial charge in [-0.2, -0.15) is 22.4 Å². The fraction of sp³-hybridized carbons (Fsp3) is 0.318. The predicted molar refractivity (Wildman–Crippen MR) is 130 cm³/mol. The van der Waals surface area contributed by atoms with E-state index in [1.165, 1.54) is 26.4 Å². The molecule has 3 N–H and O–H groups in total. The van der Waals surface area contributed by atoms with Gasteiger partial charge >= 0.3 is 10.2 Å². The monoisotopic (exact) mass is 514 g/mol.